The van der Waals surface area contributed by atoms with Gasteiger partial charge >= 0.3 is 5.97 Å². The average molecular weight is 860 g/mol. The molecular formula is C51H90NO7P. The zero-order chi connectivity index (χ0) is 44.1. The van der Waals surface area contributed by atoms with Crippen molar-refractivity contribution in [3.05, 3.63) is 85.1 Å². The largest absolute Gasteiger partial charge is 0.756 e. The molecule has 0 rings (SSSR count). The summed E-state index contributed by atoms with van der Waals surface area (Å²) >= 11 is 0. The van der Waals surface area contributed by atoms with E-state index >= 15 is 0 Å². The first-order valence-electron chi connectivity index (χ1n) is 23.8. The van der Waals surface area contributed by atoms with E-state index in [2.05, 4.69) is 98.9 Å². The van der Waals surface area contributed by atoms with E-state index in [4.69, 9.17) is 18.5 Å². The minimum Gasteiger partial charge on any atom is -0.756 e. The van der Waals surface area contributed by atoms with Crippen LogP contribution in [0.4, 0.5) is 0 Å². The summed E-state index contributed by atoms with van der Waals surface area (Å²) in [6.45, 7) is 5.21. The number of rotatable bonds is 43. The van der Waals surface area contributed by atoms with E-state index in [9.17, 15) is 14.3 Å². The molecule has 0 aromatic heterocycles. The molecule has 0 aromatic rings. The lowest BCUT2D eigenvalue weighted by Gasteiger charge is -2.28. The van der Waals surface area contributed by atoms with Crippen LogP contribution < -0.4 is 4.89 Å². The number of carbonyl (C=O) groups is 1. The summed E-state index contributed by atoms with van der Waals surface area (Å²) in [5.74, 6) is -0.380. The first kappa shape index (κ1) is 57.7. The van der Waals surface area contributed by atoms with Gasteiger partial charge in [0, 0.05) is 13.0 Å². The van der Waals surface area contributed by atoms with Crippen LogP contribution in [-0.4, -0.2) is 70.7 Å². The number of carbonyl (C=O) groups excluding carboxylic acids is 1. The Kier molecular flexibility index (Phi) is 41.7. The van der Waals surface area contributed by atoms with Crippen LogP contribution in [0.3, 0.4) is 0 Å². The molecule has 0 aliphatic rings. The number of phosphoric ester groups is 1. The summed E-state index contributed by atoms with van der Waals surface area (Å²) in [6, 6.07) is 0. The number of hydrogen-bond acceptors (Lipinski definition) is 7. The van der Waals surface area contributed by atoms with Crippen molar-refractivity contribution < 1.29 is 37.3 Å². The van der Waals surface area contributed by atoms with Gasteiger partial charge in [-0.3, -0.25) is 9.36 Å². The van der Waals surface area contributed by atoms with Gasteiger partial charge in [-0.15, -0.1) is 0 Å². The molecule has 0 heterocycles. The van der Waals surface area contributed by atoms with Crippen LogP contribution in [0.15, 0.2) is 85.1 Å². The number of hydrogen-bond donors (Lipinski definition) is 0. The number of ether oxygens (including phenoxy) is 2. The van der Waals surface area contributed by atoms with E-state index in [1.54, 1.807) is 0 Å². The first-order chi connectivity index (χ1) is 29.1. The first-order valence-corrected chi connectivity index (χ1v) is 25.3. The SMILES string of the molecule is CC/C=C\C/C=C\C/C=C\C/C=C\C/C=C\C/C=C\CCCCC(=O)OC(COCCCCCCCC/C=C\CCCCCCCCC)COP(=O)([O-])OCC[N+](C)(C)C. The fourth-order valence-corrected chi connectivity index (χ4v) is 6.74. The summed E-state index contributed by atoms with van der Waals surface area (Å²) in [6.07, 6.45) is 57.5. The quantitative estimate of drug-likeness (QED) is 0.0198. The van der Waals surface area contributed by atoms with Crippen molar-refractivity contribution in [1.82, 2.24) is 0 Å². The Balaban J connectivity index is 4.32. The number of unbranched alkanes of at least 4 members (excludes halogenated alkanes) is 15. The normalized spacial score (nSPS) is 14.4. The van der Waals surface area contributed by atoms with Gasteiger partial charge in [-0.1, -0.05) is 163 Å². The molecule has 0 aliphatic heterocycles. The Hall–Kier alpha value is -2.32. The van der Waals surface area contributed by atoms with Crippen LogP contribution in [0.25, 0.3) is 0 Å². The molecule has 60 heavy (non-hydrogen) atoms. The second-order valence-electron chi connectivity index (χ2n) is 16.7. The summed E-state index contributed by atoms with van der Waals surface area (Å²) < 4.78 is 34.6. The minimum atomic E-state index is -4.55. The van der Waals surface area contributed by atoms with Crippen molar-refractivity contribution in [2.45, 2.75) is 180 Å². The molecule has 0 spiro atoms. The lowest BCUT2D eigenvalue weighted by atomic mass is 10.1. The molecule has 346 valence electrons. The van der Waals surface area contributed by atoms with Gasteiger partial charge in [-0.25, -0.2) is 0 Å². The van der Waals surface area contributed by atoms with Gasteiger partial charge in [0.15, 0.2) is 0 Å². The third-order valence-corrected chi connectivity index (χ3v) is 10.6. The number of allylic oxidation sites excluding steroid dienone is 14. The van der Waals surface area contributed by atoms with Gasteiger partial charge < -0.3 is 27.9 Å². The van der Waals surface area contributed by atoms with Crippen LogP contribution in [0.5, 0.6) is 0 Å². The number of esters is 1. The van der Waals surface area contributed by atoms with Crippen molar-refractivity contribution in [2.75, 3.05) is 54.1 Å². The highest BCUT2D eigenvalue weighted by Crippen LogP contribution is 2.38. The van der Waals surface area contributed by atoms with E-state index in [1.165, 1.54) is 77.0 Å². The molecule has 8 nitrogen and oxygen atoms in total. The van der Waals surface area contributed by atoms with Crippen LogP contribution in [-0.2, 0) is 27.9 Å². The second kappa shape index (κ2) is 43.3. The highest BCUT2D eigenvalue weighted by Gasteiger charge is 2.20. The maximum absolute atomic E-state index is 12.7. The number of quaternary nitrogens is 1. The number of likely N-dealkylation sites (N-methyl/N-ethyl adjacent to an activating group) is 1. The van der Waals surface area contributed by atoms with E-state index < -0.39 is 13.9 Å². The molecule has 0 amide bonds. The molecule has 0 radical (unpaired) electrons. The minimum absolute atomic E-state index is 0.0119. The molecule has 0 bridgehead atoms. The van der Waals surface area contributed by atoms with E-state index in [0.29, 0.717) is 24.1 Å². The van der Waals surface area contributed by atoms with Crippen LogP contribution in [0, 0.1) is 0 Å². The Labute approximate surface area is 369 Å². The lowest BCUT2D eigenvalue weighted by Crippen LogP contribution is -2.37. The predicted octanol–water partition coefficient (Wildman–Crippen LogP) is 13.8. The Morgan fingerprint density at radius 3 is 1.47 bits per heavy atom. The maximum Gasteiger partial charge on any atom is 0.306 e. The van der Waals surface area contributed by atoms with Gasteiger partial charge in [0.25, 0.3) is 7.82 Å². The van der Waals surface area contributed by atoms with Crippen LogP contribution in [0.2, 0.25) is 0 Å². The molecule has 2 atom stereocenters. The maximum atomic E-state index is 12.7. The zero-order valence-electron chi connectivity index (χ0n) is 39.1. The monoisotopic (exact) mass is 860 g/mol. The second-order valence-corrected chi connectivity index (χ2v) is 18.1. The van der Waals surface area contributed by atoms with Crippen molar-refractivity contribution in [3.8, 4) is 0 Å². The molecule has 0 N–H and O–H groups in total. The fourth-order valence-electron chi connectivity index (χ4n) is 6.01. The Morgan fingerprint density at radius 1 is 0.533 bits per heavy atom. The molecular weight excluding hydrogens is 770 g/mol. The highest BCUT2D eigenvalue weighted by molar-refractivity contribution is 7.45. The smallest absolute Gasteiger partial charge is 0.306 e. The lowest BCUT2D eigenvalue weighted by molar-refractivity contribution is -0.870. The average Bonchev–Trinajstić information content (AvgIpc) is 3.20. The van der Waals surface area contributed by atoms with Crippen LogP contribution >= 0.6 is 7.82 Å². The molecule has 9 heteroatoms. The number of nitrogens with zero attached hydrogens (tertiary/aromatic N) is 1. The molecule has 0 saturated heterocycles. The van der Waals surface area contributed by atoms with E-state index in [0.717, 1.165) is 70.6 Å². The van der Waals surface area contributed by atoms with Crippen LogP contribution in [0.1, 0.15) is 174 Å². The van der Waals surface area contributed by atoms with E-state index in [-0.39, 0.29) is 32.2 Å². The van der Waals surface area contributed by atoms with Gasteiger partial charge in [0.2, 0.25) is 0 Å². The fraction of sp³-hybridized carbons (Fsp3) is 0.706. The van der Waals surface area contributed by atoms with Gasteiger partial charge in [0.05, 0.1) is 34.4 Å². The molecule has 2 unspecified atom stereocenters. The standard InChI is InChI=1S/C51H90NO7P/c1-6-8-10-12-14-16-18-20-22-24-25-26-27-28-30-32-34-36-38-40-42-44-51(53)59-50(49-58-60(54,55)57-47-45-52(3,4)5)48-56-46-43-41-39-37-35-33-31-29-23-21-19-17-15-13-11-9-7-2/h8,10,14,16,20,22-23,25-26,28-30,34,36,50H,6-7,9,11-13,15,17-19,21,24,27,31-33,35,37-49H2,1-5H3/b10-8-,16-14-,22-20-,26-25-,29-23-,30-28-,36-34-. The Bertz CT molecular complexity index is 1230. The molecule has 0 fully saturated rings. The third-order valence-electron chi connectivity index (χ3n) is 9.68. The topological polar surface area (TPSA) is 94.1 Å². The van der Waals surface area contributed by atoms with E-state index in [1.807, 2.05) is 21.1 Å². The van der Waals surface area contributed by atoms with Crippen molar-refractivity contribution in [3.63, 3.8) is 0 Å². The van der Waals surface area contributed by atoms with Crippen molar-refractivity contribution in [1.29, 1.82) is 0 Å². The van der Waals surface area contributed by atoms with Gasteiger partial charge in [-0.2, -0.15) is 0 Å². The zero-order valence-corrected chi connectivity index (χ0v) is 40.0. The highest BCUT2D eigenvalue weighted by atomic mass is 31.2. The van der Waals surface area contributed by atoms with Gasteiger partial charge in [0.1, 0.15) is 19.3 Å². The molecule has 0 saturated carbocycles. The summed E-state index contributed by atoms with van der Waals surface area (Å²) in [5.41, 5.74) is 0. The van der Waals surface area contributed by atoms with Crippen molar-refractivity contribution >= 4 is 13.8 Å². The predicted molar refractivity (Wildman–Crippen MR) is 254 cm³/mol. The number of phosphoric acid groups is 1. The molecule has 0 aromatic carbocycles. The summed E-state index contributed by atoms with van der Waals surface area (Å²) in [5, 5.41) is 0. The van der Waals surface area contributed by atoms with Crippen molar-refractivity contribution in [2.24, 2.45) is 0 Å². The summed E-state index contributed by atoms with van der Waals surface area (Å²) in [7, 11) is 1.31. The Morgan fingerprint density at radius 2 is 0.967 bits per heavy atom. The third kappa shape index (κ3) is 46.7. The molecule has 0 aliphatic carbocycles. The van der Waals surface area contributed by atoms with Gasteiger partial charge in [-0.05, 0) is 89.9 Å². The summed E-state index contributed by atoms with van der Waals surface area (Å²) in [4.78, 5) is 25.1.